The van der Waals surface area contributed by atoms with E-state index in [4.69, 9.17) is 6.42 Å². The largest absolute Gasteiger partial charge is 0.342 e. The van der Waals surface area contributed by atoms with Crippen molar-refractivity contribution in [2.75, 3.05) is 39.8 Å². The Morgan fingerprint density at radius 1 is 1.31 bits per heavy atom. The highest BCUT2D eigenvalue weighted by Crippen LogP contribution is 2.38. The summed E-state index contributed by atoms with van der Waals surface area (Å²) in [6.07, 6.45) is 12.2. The summed E-state index contributed by atoms with van der Waals surface area (Å²) >= 11 is 0. The number of nitrogens with one attached hydrogen (secondary N) is 1. The maximum Gasteiger partial charge on any atom is 0.317 e. The minimum Gasteiger partial charge on any atom is -0.342 e. The third-order valence-electron chi connectivity index (χ3n) is 7.06. The normalized spacial score (nSPS) is 20.8. The number of hydrogen-bond acceptors (Lipinski definition) is 3. The van der Waals surface area contributed by atoms with E-state index in [-0.39, 0.29) is 23.8 Å². The molecule has 1 aliphatic rings. The highest BCUT2D eigenvalue weighted by molar-refractivity contribution is 5.80. The molecule has 1 N–H and O–H groups in total. The highest BCUT2D eigenvalue weighted by Gasteiger charge is 2.34. The van der Waals surface area contributed by atoms with Crippen LogP contribution in [0.5, 0.6) is 0 Å². The van der Waals surface area contributed by atoms with Gasteiger partial charge in [-0.2, -0.15) is 0 Å². The fraction of sp³-hybridized carbons (Fsp3) is 0.731. The Labute approximate surface area is 195 Å². The van der Waals surface area contributed by atoms with Gasteiger partial charge in [0.2, 0.25) is 5.91 Å². The van der Waals surface area contributed by atoms with Gasteiger partial charge in [-0.05, 0) is 62.9 Å². The quantitative estimate of drug-likeness (QED) is 0.398. The molecule has 0 aromatic rings. The number of amides is 3. The van der Waals surface area contributed by atoms with Crippen LogP contribution in [-0.4, -0.2) is 67.7 Å². The molecule has 0 radical (unpaired) electrons. The van der Waals surface area contributed by atoms with Crippen molar-refractivity contribution < 1.29 is 9.59 Å². The average Bonchev–Trinajstić information content (AvgIpc) is 2.99. The van der Waals surface area contributed by atoms with Crippen molar-refractivity contribution in [3.05, 3.63) is 11.1 Å². The fourth-order valence-corrected chi connectivity index (χ4v) is 4.07. The lowest BCUT2D eigenvalue weighted by molar-refractivity contribution is -0.130. The van der Waals surface area contributed by atoms with Gasteiger partial charge in [0, 0.05) is 46.0 Å². The minimum absolute atomic E-state index is 0.0409. The summed E-state index contributed by atoms with van der Waals surface area (Å²) in [5.74, 6) is 2.82. The Bertz CT molecular complexity index is 722. The molecule has 32 heavy (non-hydrogen) atoms. The van der Waals surface area contributed by atoms with Crippen LogP contribution in [0.3, 0.4) is 0 Å². The molecule has 2 atom stereocenters. The lowest BCUT2D eigenvalue weighted by Gasteiger charge is -2.35. The first-order valence-electron chi connectivity index (χ1n) is 12.1. The Morgan fingerprint density at radius 3 is 2.66 bits per heavy atom. The van der Waals surface area contributed by atoms with Crippen molar-refractivity contribution >= 4 is 18.2 Å². The van der Waals surface area contributed by atoms with Gasteiger partial charge in [0.15, 0.2) is 0 Å². The average molecular weight is 445 g/mol. The maximum atomic E-state index is 12.7. The molecule has 0 bridgehead atoms. The molecule has 1 fully saturated rings. The zero-order chi connectivity index (χ0) is 24.1. The number of rotatable bonds is 10. The van der Waals surface area contributed by atoms with Gasteiger partial charge in [0.25, 0.3) is 0 Å². The summed E-state index contributed by atoms with van der Waals surface area (Å²) < 4.78 is 0. The molecule has 180 valence electrons. The van der Waals surface area contributed by atoms with E-state index in [1.165, 1.54) is 11.1 Å². The smallest absolute Gasteiger partial charge is 0.317 e. The van der Waals surface area contributed by atoms with Crippen LogP contribution in [0.25, 0.3) is 0 Å². The standard InChI is InChI=1S/C26H44N4O2/c1-8-12-24(31)30-16-11-14-26(6,15-18-30)22(5)19-28-25(32)29(7)17-13-23(20-27-10-3)21(4)9-2/h1,20,22H,9-19H2,2-7H3,(H,28,32)/b23-21-,27-20?. The summed E-state index contributed by atoms with van der Waals surface area (Å²) in [6, 6.07) is -0.0409. The third kappa shape index (κ3) is 8.68. The molecule has 1 heterocycles. The molecule has 1 aliphatic heterocycles. The molecule has 3 amide bonds. The zero-order valence-electron chi connectivity index (χ0n) is 21.2. The Kier molecular flexibility index (Phi) is 12.1. The number of urea groups is 1. The summed E-state index contributed by atoms with van der Waals surface area (Å²) in [7, 11) is 1.85. The Hall–Kier alpha value is -2.29. The highest BCUT2D eigenvalue weighted by atomic mass is 16.2. The molecule has 0 spiro atoms. The molecule has 0 aromatic carbocycles. The minimum atomic E-state index is -0.0409. The van der Waals surface area contributed by atoms with E-state index in [0.717, 1.165) is 51.7 Å². The number of hydrogen-bond donors (Lipinski definition) is 1. The molecule has 6 heteroatoms. The van der Waals surface area contributed by atoms with Crippen molar-refractivity contribution in [3.8, 4) is 12.3 Å². The van der Waals surface area contributed by atoms with E-state index in [1.807, 2.05) is 25.1 Å². The molecule has 0 saturated carbocycles. The Balaban J connectivity index is 2.57. The molecule has 2 unspecified atom stereocenters. The van der Waals surface area contributed by atoms with E-state index >= 15 is 0 Å². The first-order valence-corrected chi connectivity index (χ1v) is 12.1. The molecular formula is C26H44N4O2. The van der Waals surface area contributed by atoms with Crippen LogP contribution in [0.1, 0.15) is 73.1 Å². The van der Waals surface area contributed by atoms with Gasteiger partial charge in [-0.1, -0.05) is 32.3 Å². The van der Waals surface area contributed by atoms with Gasteiger partial charge in [-0.15, -0.1) is 6.42 Å². The molecule has 0 aromatic heterocycles. The lowest BCUT2D eigenvalue weighted by Crippen LogP contribution is -2.43. The van der Waals surface area contributed by atoms with E-state index < -0.39 is 0 Å². The first-order chi connectivity index (χ1) is 15.2. The first kappa shape index (κ1) is 27.7. The van der Waals surface area contributed by atoms with Gasteiger partial charge < -0.3 is 15.1 Å². The van der Waals surface area contributed by atoms with Crippen molar-refractivity contribution in [1.29, 1.82) is 0 Å². The van der Waals surface area contributed by atoms with Gasteiger partial charge >= 0.3 is 6.03 Å². The number of carbonyl (C=O) groups excluding carboxylic acids is 2. The van der Waals surface area contributed by atoms with Crippen molar-refractivity contribution in [1.82, 2.24) is 15.1 Å². The third-order valence-corrected chi connectivity index (χ3v) is 7.06. The number of nitrogens with zero attached hydrogens (tertiary/aromatic N) is 3. The lowest BCUT2D eigenvalue weighted by atomic mass is 9.72. The van der Waals surface area contributed by atoms with Gasteiger partial charge in [0.1, 0.15) is 0 Å². The molecular weight excluding hydrogens is 400 g/mol. The summed E-state index contributed by atoms with van der Waals surface area (Å²) in [6.45, 7) is 14.3. The summed E-state index contributed by atoms with van der Waals surface area (Å²) in [5, 5.41) is 3.12. The zero-order valence-corrected chi connectivity index (χ0v) is 21.2. The van der Waals surface area contributed by atoms with Crippen LogP contribution in [0.2, 0.25) is 0 Å². The second-order valence-electron chi connectivity index (χ2n) is 9.31. The van der Waals surface area contributed by atoms with Crippen molar-refractivity contribution in [2.24, 2.45) is 16.3 Å². The number of terminal acetylenes is 1. The van der Waals surface area contributed by atoms with E-state index in [2.05, 4.69) is 43.9 Å². The van der Waals surface area contributed by atoms with Crippen LogP contribution in [0.15, 0.2) is 16.1 Å². The van der Waals surface area contributed by atoms with Crippen molar-refractivity contribution in [2.45, 2.75) is 73.1 Å². The van der Waals surface area contributed by atoms with Crippen LogP contribution in [-0.2, 0) is 4.79 Å². The monoisotopic (exact) mass is 444 g/mol. The predicted molar refractivity (Wildman–Crippen MR) is 134 cm³/mol. The van der Waals surface area contributed by atoms with Gasteiger partial charge in [-0.25, -0.2) is 4.79 Å². The van der Waals surface area contributed by atoms with Crippen LogP contribution in [0.4, 0.5) is 4.79 Å². The van der Waals surface area contributed by atoms with E-state index in [1.54, 1.807) is 4.90 Å². The van der Waals surface area contributed by atoms with Crippen LogP contribution < -0.4 is 5.32 Å². The topological polar surface area (TPSA) is 65.0 Å². The maximum absolute atomic E-state index is 12.7. The van der Waals surface area contributed by atoms with Crippen LogP contribution >= 0.6 is 0 Å². The Morgan fingerprint density at radius 2 is 2.03 bits per heavy atom. The number of allylic oxidation sites excluding steroid dienone is 1. The number of aliphatic imine (C=N–C) groups is 1. The van der Waals surface area contributed by atoms with Crippen molar-refractivity contribution in [3.63, 3.8) is 0 Å². The summed E-state index contributed by atoms with van der Waals surface area (Å²) in [4.78, 5) is 32.9. The van der Waals surface area contributed by atoms with E-state index in [0.29, 0.717) is 19.0 Å². The molecule has 1 rings (SSSR count). The van der Waals surface area contributed by atoms with Gasteiger partial charge in [-0.3, -0.25) is 9.79 Å². The fourth-order valence-electron chi connectivity index (χ4n) is 4.07. The van der Waals surface area contributed by atoms with Crippen LogP contribution in [0, 0.1) is 23.7 Å². The SMILES string of the molecule is C#CCC(=O)N1CCCC(C)(C(C)CNC(=O)N(C)CC/C(C=NCC)=C(\C)CC)CC1. The molecule has 0 aliphatic carbocycles. The molecule has 1 saturated heterocycles. The van der Waals surface area contributed by atoms with E-state index in [9.17, 15) is 9.59 Å². The summed E-state index contributed by atoms with van der Waals surface area (Å²) in [5.41, 5.74) is 2.62. The number of carbonyl (C=O) groups is 2. The molecule has 6 nitrogen and oxygen atoms in total. The number of likely N-dealkylation sites (tertiary alicyclic amines) is 1. The second kappa shape index (κ2) is 14.0. The van der Waals surface area contributed by atoms with Gasteiger partial charge in [0.05, 0.1) is 6.42 Å². The second-order valence-corrected chi connectivity index (χ2v) is 9.31. The predicted octanol–water partition coefficient (Wildman–Crippen LogP) is 4.51.